The van der Waals surface area contributed by atoms with Crippen molar-refractivity contribution in [3.8, 4) is 6.07 Å². The van der Waals surface area contributed by atoms with Crippen LogP contribution in [0.15, 0.2) is 115 Å². The first kappa shape index (κ1) is 35.2. The summed E-state index contributed by atoms with van der Waals surface area (Å²) in [6, 6.07) is 40.5. The second-order valence-electron chi connectivity index (χ2n) is 15.3. The van der Waals surface area contributed by atoms with E-state index in [1.165, 1.54) is 19.3 Å². The van der Waals surface area contributed by atoms with Crippen LogP contribution in [0.2, 0.25) is 0 Å². The minimum Gasteiger partial charge on any atom is -0.374 e. The van der Waals surface area contributed by atoms with Gasteiger partial charge in [-0.3, -0.25) is 0 Å². The molecule has 0 N–H and O–H groups in total. The van der Waals surface area contributed by atoms with E-state index >= 15 is 0 Å². The Bertz CT molecular complexity index is 1730. The summed E-state index contributed by atoms with van der Waals surface area (Å²) in [5.74, 6) is 2.11. The van der Waals surface area contributed by atoms with Gasteiger partial charge in [0.2, 0.25) is 0 Å². The number of nitrogens with zero attached hydrogens (tertiary/aromatic N) is 1. The van der Waals surface area contributed by atoms with E-state index in [4.69, 9.17) is 28.4 Å². The summed E-state index contributed by atoms with van der Waals surface area (Å²) in [6.07, 6.45) is 4.18. The Morgan fingerprint density at radius 2 is 1.08 bits per heavy atom. The van der Waals surface area contributed by atoms with Crippen LogP contribution in [0.1, 0.15) is 66.3 Å². The smallest absolute Gasteiger partial charge is 0.187 e. The van der Waals surface area contributed by atoms with Gasteiger partial charge in [0.1, 0.15) is 24.4 Å². The summed E-state index contributed by atoms with van der Waals surface area (Å²) < 4.78 is 41.5. The van der Waals surface area contributed by atoms with Gasteiger partial charge in [-0.15, -0.1) is 0 Å². The van der Waals surface area contributed by atoms with Gasteiger partial charge in [-0.25, -0.2) is 0 Å². The van der Waals surface area contributed by atoms with Crippen molar-refractivity contribution < 1.29 is 28.4 Å². The van der Waals surface area contributed by atoms with Gasteiger partial charge < -0.3 is 28.4 Å². The van der Waals surface area contributed by atoms with E-state index in [9.17, 15) is 5.26 Å². The zero-order chi connectivity index (χ0) is 35.2. The maximum Gasteiger partial charge on any atom is 0.187 e. The Labute approximate surface area is 307 Å². The second-order valence-corrected chi connectivity index (χ2v) is 15.3. The number of hydrogen-bond acceptors (Lipinski definition) is 7. The fourth-order valence-corrected chi connectivity index (χ4v) is 9.44. The fourth-order valence-electron chi connectivity index (χ4n) is 9.44. The van der Waals surface area contributed by atoms with E-state index in [1.54, 1.807) is 0 Å². The highest BCUT2D eigenvalue weighted by molar-refractivity contribution is 5.36. The molecular formula is C45H49NO6. The van der Waals surface area contributed by atoms with Crippen molar-refractivity contribution in [2.24, 2.45) is 17.8 Å². The zero-order valence-corrected chi connectivity index (χ0v) is 29.8. The lowest BCUT2D eigenvalue weighted by Crippen LogP contribution is -2.64. The molecule has 4 aliphatic carbocycles. The average Bonchev–Trinajstić information content (AvgIpc) is 3.17. The Kier molecular flexibility index (Phi) is 11.1. The number of rotatable bonds is 15. The highest BCUT2D eigenvalue weighted by Crippen LogP contribution is 2.58. The average molecular weight is 700 g/mol. The van der Waals surface area contributed by atoms with Crippen molar-refractivity contribution in [3.05, 3.63) is 143 Å². The third-order valence-electron chi connectivity index (χ3n) is 11.5. The van der Waals surface area contributed by atoms with Gasteiger partial charge in [0, 0.05) is 0 Å². The zero-order valence-electron chi connectivity index (χ0n) is 29.8. The molecule has 5 aliphatic rings. The molecule has 1 aliphatic heterocycles. The van der Waals surface area contributed by atoms with Crippen molar-refractivity contribution in [1.29, 1.82) is 5.26 Å². The first-order valence-corrected chi connectivity index (χ1v) is 19.0. The highest BCUT2D eigenvalue weighted by Gasteiger charge is 2.56. The van der Waals surface area contributed by atoms with Crippen LogP contribution in [-0.4, -0.2) is 42.9 Å². The number of benzene rings is 4. The van der Waals surface area contributed by atoms with Crippen LogP contribution < -0.4 is 0 Å². The standard InChI is InChI=1S/C45H49NO6/c46-26-38-18-10-11-19-39(38)30-50-43-42(49-29-34-16-8-3-9-17-34)41(48-28-33-14-6-2-7-15-33)40(31-47-27-32-12-4-1-5-13-32)51-44(43)52-45-23-35-20-36(24-45)22-37(21-35)25-45/h1-19,35-37,40-44H,20-25,27-31H2/t35?,36?,37?,40-,41-,42+,43-,44+,45?/m1/s1. The molecule has 0 spiro atoms. The van der Waals surface area contributed by atoms with E-state index in [2.05, 4.69) is 42.5 Å². The first-order valence-electron chi connectivity index (χ1n) is 19.0. The lowest BCUT2D eigenvalue weighted by Gasteiger charge is -2.58. The van der Waals surface area contributed by atoms with E-state index in [1.807, 2.05) is 78.9 Å². The van der Waals surface area contributed by atoms with Crippen molar-refractivity contribution in [1.82, 2.24) is 0 Å². The minimum atomic E-state index is -0.715. The van der Waals surface area contributed by atoms with Gasteiger partial charge in [-0.1, -0.05) is 109 Å². The summed E-state index contributed by atoms with van der Waals surface area (Å²) in [5, 5.41) is 9.92. The van der Waals surface area contributed by atoms with Gasteiger partial charge in [-0.05, 0) is 84.6 Å². The Morgan fingerprint density at radius 1 is 0.577 bits per heavy atom. The Balaban J connectivity index is 1.13. The monoisotopic (exact) mass is 699 g/mol. The predicted octanol–water partition coefficient (Wildman–Crippen LogP) is 8.54. The molecule has 4 bridgehead atoms. The number of hydrogen-bond donors (Lipinski definition) is 0. The van der Waals surface area contributed by atoms with Crippen LogP contribution in [-0.2, 0) is 54.8 Å². The van der Waals surface area contributed by atoms with Crippen molar-refractivity contribution in [2.75, 3.05) is 6.61 Å². The van der Waals surface area contributed by atoms with E-state index in [0.29, 0.717) is 49.7 Å². The summed E-state index contributed by atoms with van der Waals surface area (Å²) in [5.41, 5.74) is 4.36. The SMILES string of the molecule is N#Cc1ccccc1CO[C@H]1[C@H](OC23CC4CC(CC(C4)C2)C3)O[C@H](COCc2ccccc2)[C@@H](OCc2ccccc2)[C@@H]1OCc1ccccc1. The van der Waals surface area contributed by atoms with Crippen molar-refractivity contribution in [2.45, 2.75) is 101 Å². The van der Waals surface area contributed by atoms with Crippen LogP contribution >= 0.6 is 0 Å². The van der Waals surface area contributed by atoms with Crippen LogP contribution in [0, 0.1) is 29.1 Å². The highest BCUT2D eigenvalue weighted by atomic mass is 16.7. The normalized spacial score (nSPS) is 30.6. The molecule has 52 heavy (non-hydrogen) atoms. The van der Waals surface area contributed by atoms with Gasteiger partial charge in [0.15, 0.2) is 6.29 Å². The molecule has 7 nitrogen and oxygen atoms in total. The third kappa shape index (κ3) is 8.34. The van der Waals surface area contributed by atoms with Crippen LogP contribution in [0.5, 0.6) is 0 Å². The van der Waals surface area contributed by atoms with Crippen LogP contribution in [0.25, 0.3) is 0 Å². The van der Waals surface area contributed by atoms with Gasteiger partial charge >= 0.3 is 0 Å². The molecule has 7 heteroatoms. The lowest BCUT2D eigenvalue weighted by atomic mass is 9.54. The minimum absolute atomic E-state index is 0.213. The summed E-state index contributed by atoms with van der Waals surface area (Å²) >= 11 is 0. The summed E-state index contributed by atoms with van der Waals surface area (Å²) in [6.45, 7) is 1.70. The quantitative estimate of drug-likeness (QED) is 0.123. The summed E-state index contributed by atoms with van der Waals surface area (Å²) in [7, 11) is 0. The summed E-state index contributed by atoms with van der Waals surface area (Å²) in [4.78, 5) is 0. The molecule has 5 fully saturated rings. The molecule has 0 radical (unpaired) electrons. The van der Waals surface area contributed by atoms with E-state index in [-0.39, 0.29) is 12.2 Å². The predicted molar refractivity (Wildman–Crippen MR) is 197 cm³/mol. The van der Waals surface area contributed by atoms with Gasteiger partial charge in [0.25, 0.3) is 0 Å². The molecule has 9 rings (SSSR count). The topological polar surface area (TPSA) is 79.2 Å². The molecule has 5 atom stereocenters. The molecule has 4 aromatic carbocycles. The molecule has 0 aromatic heterocycles. The lowest BCUT2D eigenvalue weighted by molar-refractivity contribution is -0.360. The molecule has 4 saturated carbocycles. The van der Waals surface area contributed by atoms with Crippen molar-refractivity contribution in [3.63, 3.8) is 0 Å². The third-order valence-corrected chi connectivity index (χ3v) is 11.5. The Hall–Kier alpha value is -3.87. The van der Waals surface area contributed by atoms with Crippen LogP contribution in [0.3, 0.4) is 0 Å². The van der Waals surface area contributed by atoms with E-state index in [0.717, 1.165) is 41.5 Å². The molecule has 1 heterocycles. The molecule has 4 aromatic rings. The molecule has 0 unspecified atom stereocenters. The first-order chi connectivity index (χ1) is 25.6. The molecule has 270 valence electrons. The maximum atomic E-state index is 9.92. The van der Waals surface area contributed by atoms with Crippen LogP contribution in [0.4, 0.5) is 0 Å². The van der Waals surface area contributed by atoms with Gasteiger partial charge in [-0.2, -0.15) is 5.26 Å². The van der Waals surface area contributed by atoms with E-state index < -0.39 is 30.7 Å². The number of nitriles is 1. The molecule has 1 saturated heterocycles. The Morgan fingerprint density at radius 3 is 1.65 bits per heavy atom. The largest absolute Gasteiger partial charge is 0.374 e. The fraction of sp³-hybridized carbons (Fsp3) is 0.444. The second kappa shape index (κ2) is 16.4. The maximum absolute atomic E-state index is 9.92. The van der Waals surface area contributed by atoms with Crippen molar-refractivity contribution >= 4 is 0 Å². The number of ether oxygens (including phenoxy) is 6. The molecule has 0 amide bonds. The molecular weight excluding hydrogens is 650 g/mol. The van der Waals surface area contributed by atoms with Gasteiger partial charge in [0.05, 0.1) is 50.3 Å².